The lowest BCUT2D eigenvalue weighted by molar-refractivity contribution is 0.121. The third-order valence-electron chi connectivity index (χ3n) is 6.24. The van der Waals surface area contributed by atoms with Crippen LogP contribution in [-0.4, -0.2) is 57.6 Å². The average Bonchev–Trinajstić information content (AvgIpc) is 3.13. The molecule has 0 aromatic carbocycles. The number of methoxy groups -OCH3 is 1. The fourth-order valence-electron chi connectivity index (χ4n) is 4.32. The van der Waals surface area contributed by atoms with E-state index in [4.69, 9.17) is 9.84 Å². The Morgan fingerprint density at radius 3 is 2.70 bits per heavy atom. The molecule has 1 fully saturated rings. The van der Waals surface area contributed by atoms with Gasteiger partial charge in [-0.15, -0.1) is 5.10 Å². The van der Waals surface area contributed by atoms with Crippen LogP contribution in [0.1, 0.15) is 49.9 Å². The molecule has 3 heterocycles. The van der Waals surface area contributed by atoms with Crippen molar-refractivity contribution < 1.29 is 9.84 Å². The van der Waals surface area contributed by atoms with E-state index in [1.54, 1.807) is 7.11 Å². The molecule has 0 radical (unpaired) electrons. The summed E-state index contributed by atoms with van der Waals surface area (Å²) in [7, 11) is 3.71. The molecule has 0 spiro atoms. The van der Waals surface area contributed by atoms with E-state index in [0.717, 1.165) is 48.0 Å². The van der Waals surface area contributed by atoms with Crippen molar-refractivity contribution in [3.8, 4) is 11.1 Å². The number of pyridine rings is 1. The molecule has 1 atom stereocenters. The largest absolute Gasteiger partial charge is 0.393 e. The zero-order valence-corrected chi connectivity index (χ0v) is 18.2. The predicted octanol–water partition coefficient (Wildman–Crippen LogP) is 3.59. The molecule has 3 aromatic rings. The molecular weight excluding hydrogens is 378 g/mol. The Morgan fingerprint density at radius 2 is 2.00 bits per heavy atom. The van der Waals surface area contributed by atoms with Crippen molar-refractivity contribution in [2.24, 2.45) is 0 Å². The van der Waals surface area contributed by atoms with Crippen LogP contribution in [0.15, 0.2) is 30.6 Å². The lowest BCUT2D eigenvalue weighted by Gasteiger charge is -2.26. The minimum absolute atomic E-state index is 0.165. The number of aliphatic hydroxyl groups is 1. The normalized spacial score (nSPS) is 20.4. The number of aryl methyl sites for hydroxylation is 1. The number of hydrogen-bond acceptors (Lipinski definition) is 6. The van der Waals surface area contributed by atoms with Gasteiger partial charge in [-0.25, -0.2) is 9.50 Å². The summed E-state index contributed by atoms with van der Waals surface area (Å²) in [5.41, 5.74) is 5.43. The molecule has 1 saturated carbocycles. The van der Waals surface area contributed by atoms with Crippen LogP contribution in [0.25, 0.3) is 16.6 Å². The fraction of sp³-hybridized carbons (Fsp3) is 0.522. The Balaban J connectivity index is 1.81. The van der Waals surface area contributed by atoms with Crippen molar-refractivity contribution in [1.82, 2.24) is 19.6 Å². The molecule has 1 unspecified atom stereocenters. The molecular formula is C23H31N5O2. The van der Waals surface area contributed by atoms with E-state index < -0.39 is 0 Å². The number of aromatic nitrogens is 4. The van der Waals surface area contributed by atoms with Gasteiger partial charge in [0.15, 0.2) is 0 Å². The van der Waals surface area contributed by atoms with Gasteiger partial charge in [-0.05, 0) is 63.3 Å². The van der Waals surface area contributed by atoms with Gasteiger partial charge in [-0.2, -0.15) is 0 Å². The lowest BCUT2D eigenvalue weighted by atomic mass is 9.85. The third-order valence-corrected chi connectivity index (χ3v) is 6.24. The molecule has 0 amide bonds. The van der Waals surface area contributed by atoms with Gasteiger partial charge in [0.05, 0.1) is 30.5 Å². The zero-order valence-electron chi connectivity index (χ0n) is 18.2. The highest BCUT2D eigenvalue weighted by atomic mass is 16.5. The maximum atomic E-state index is 9.97. The van der Waals surface area contributed by atoms with Gasteiger partial charge >= 0.3 is 0 Å². The number of anilines is 1. The molecule has 0 bridgehead atoms. The molecule has 1 aliphatic carbocycles. The van der Waals surface area contributed by atoms with Crippen LogP contribution in [0.2, 0.25) is 0 Å². The number of likely N-dealkylation sites (N-methyl/N-ethyl adjacent to an activating group) is 1. The summed E-state index contributed by atoms with van der Waals surface area (Å²) in [5.74, 6) is 1.05. The molecule has 0 saturated heterocycles. The molecule has 0 aliphatic heterocycles. The summed E-state index contributed by atoms with van der Waals surface area (Å²) in [5, 5.41) is 14.9. The summed E-state index contributed by atoms with van der Waals surface area (Å²) >= 11 is 0. The van der Waals surface area contributed by atoms with Crippen LogP contribution < -0.4 is 4.90 Å². The first-order chi connectivity index (χ1) is 14.5. The SMILES string of the molecule is COCC(C)N(C)c1ncc2c(-c3ccnc(C)c3)cc(C3CCC(O)CC3)n2n1. The zero-order chi connectivity index (χ0) is 21.3. The van der Waals surface area contributed by atoms with E-state index in [2.05, 4.69) is 33.5 Å². The lowest BCUT2D eigenvalue weighted by Crippen LogP contribution is -2.34. The van der Waals surface area contributed by atoms with Crippen LogP contribution in [-0.2, 0) is 4.74 Å². The molecule has 7 heteroatoms. The van der Waals surface area contributed by atoms with Gasteiger partial charge in [-0.3, -0.25) is 4.98 Å². The molecule has 1 aliphatic rings. The van der Waals surface area contributed by atoms with E-state index in [0.29, 0.717) is 18.5 Å². The van der Waals surface area contributed by atoms with E-state index in [1.807, 2.05) is 37.3 Å². The van der Waals surface area contributed by atoms with E-state index in [1.165, 1.54) is 5.69 Å². The fourth-order valence-corrected chi connectivity index (χ4v) is 4.32. The van der Waals surface area contributed by atoms with Crippen LogP contribution >= 0.6 is 0 Å². The van der Waals surface area contributed by atoms with Crippen molar-refractivity contribution >= 4 is 11.5 Å². The van der Waals surface area contributed by atoms with Crippen molar-refractivity contribution in [3.05, 3.63) is 42.0 Å². The first-order valence-corrected chi connectivity index (χ1v) is 10.7. The van der Waals surface area contributed by atoms with Gasteiger partial charge < -0.3 is 14.7 Å². The minimum atomic E-state index is -0.180. The second-order valence-electron chi connectivity index (χ2n) is 8.44. The van der Waals surface area contributed by atoms with Gasteiger partial charge in [0.1, 0.15) is 0 Å². The number of aliphatic hydroxyl groups excluding tert-OH is 1. The Hall–Kier alpha value is -2.51. The van der Waals surface area contributed by atoms with Crippen molar-refractivity contribution in [2.75, 3.05) is 25.7 Å². The Bertz CT molecular complexity index is 1010. The maximum Gasteiger partial charge on any atom is 0.243 e. The highest BCUT2D eigenvalue weighted by Gasteiger charge is 2.26. The van der Waals surface area contributed by atoms with Gasteiger partial charge in [0.2, 0.25) is 5.95 Å². The smallest absolute Gasteiger partial charge is 0.243 e. The number of rotatable bonds is 6. The second-order valence-corrected chi connectivity index (χ2v) is 8.44. The minimum Gasteiger partial charge on any atom is -0.393 e. The first-order valence-electron chi connectivity index (χ1n) is 10.7. The van der Waals surface area contributed by atoms with Crippen molar-refractivity contribution in [1.29, 1.82) is 0 Å². The third kappa shape index (κ3) is 4.04. The van der Waals surface area contributed by atoms with Gasteiger partial charge in [0.25, 0.3) is 0 Å². The molecule has 30 heavy (non-hydrogen) atoms. The summed E-state index contributed by atoms with van der Waals surface area (Å²) in [6.45, 7) is 4.71. The molecule has 3 aromatic heterocycles. The molecule has 1 N–H and O–H groups in total. The average molecular weight is 410 g/mol. The van der Waals surface area contributed by atoms with E-state index in [9.17, 15) is 5.11 Å². The second kappa shape index (κ2) is 8.70. The highest BCUT2D eigenvalue weighted by Crippen LogP contribution is 2.37. The summed E-state index contributed by atoms with van der Waals surface area (Å²) in [6.07, 6.45) is 7.20. The number of fused-ring (bicyclic) bond motifs is 1. The summed E-state index contributed by atoms with van der Waals surface area (Å²) in [6, 6.07) is 6.56. The van der Waals surface area contributed by atoms with Crippen LogP contribution in [0.5, 0.6) is 0 Å². The Kier molecular flexibility index (Phi) is 6.01. The van der Waals surface area contributed by atoms with Crippen molar-refractivity contribution in [3.63, 3.8) is 0 Å². The van der Waals surface area contributed by atoms with Gasteiger partial charge in [-0.1, -0.05) is 0 Å². The topological polar surface area (TPSA) is 75.8 Å². The predicted molar refractivity (Wildman–Crippen MR) is 118 cm³/mol. The number of nitrogens with zero attached hydrogens (tertiary/aromatic N) is 5. The molecule has 7 nitrogen and oxygen atoms in total. The van der Waals surface area contributed by atoms with E-state index >= 15 is 0 Å². The van der Waals surface area contributed by atoms with E-state index in [-0.39, 0.29) is 12.1 Å². The van der Waals surface area contributed by atoms with Crippen LogP contribution in [0, 0.1) is 6.92 Å². The van der Waals surface area contributed by atoms with Crippen molar-refractivity contribution in [2.45, 2.75) is 57.6 Å². The molecule has 4 rings (SSSR count). The Morgan fingerprint density at radius 1 is 1.23 bits per heavy atom. The quantitative estimate of drug-likeness (QED) is 0.671. The molecule has 160 valence electrons. The van der Waals surface area contributed by atoms with Crippen LogP contribution in [0.4, 0.5) is 5.95 Å². The monoisotopic (exact) mass is 409 g/mol. The van der Waals surface area contributed by atoms with Gasteiger partial charge in [0, 0.05) is 43.2 Å². The van der Waals surface area contributed by atoms with Crippen LogP contribution in [0.3, 0.4) is 0 Å². The number of ether oxygens (including phenoxy) is 1. The first kappa shape index (κ1) is 20.8. The summed E-state index contributed by atoms with van der Waals surface area (Å²) < 4.78 is 7.36. The maximum absolute atomic E-state index is 9.97. The number of hydrogen-bond donors (Lipinski definition) is 1. The Labute approximate surface area is 177 Å². The standard InChI is InChI=1S/C23H31N5O2/c1-15-11-18(9-10-24-15)20-12-21(17-5-7-19(29)8-6-17)28-22(20)13-25-23(26-28)27(3)16(2)14-30-4/h9-13,16-17,19,29H,5-8,14H2,1-4H3. The summed E-state index contributed by atoms with van der Waals surface area (Å²) in [4.78, 5) is 11.1. The highest BCUT2D eigenvalue weighted by molar-refractivity contribution is 5.81.